The molecule has 1 unspecified atom stereocenters. The van der Waals surface area contributed by atoms with Crippen molar-refractivity contribution >= 4 is 11.6 Å². The molecule has 0 radical (unpaired) electrons. The first-order valence-corrected chi connectivity index (χ1v) is 11.2. The smallest absolute Gasteiger partial charge is 0.179 e. The number of halogens is 1. The Morgan fingerprint density at radius 1 is 1.10 bits per heavy atom. The SMILES string of the molecule is Clc1ccc2c(c1)CC1(Cc3nnc(C4CCN(Cc5ccccn5)C4)n3-2)OCCO1. The summed E-state index contributed by atoms with van der Waals surface area (Å²) in [5.74, 6) is 1.53. The summed E-state index contributed by atoms with van der Waals surface area (Å²) in [6.45, 7) is 4.02. The second kappa shape index (κ2) is 7.67. The lowest BCUT2D eigenvalue weighted by Gasteiger charge is -2.25. The third-order valence-electron chi connectivity index (χ3n) is 6.49. The van der Waals surface area contributed by atoms with Crippen LogP contribution in [0.3, 0.4) is 0 Å². The summed E-state index contributed by atoms with van der Waals surface area (Å²) < 4.78 is 14.4. The minimum atomic E-state index is -0.682. The fourth-order valence-electron chi connectivity index (χ4n) is 5.09. The van der Waals surface area contributed by atoms with Crippen LogP contribution in [-0.2, 0) is 28.9 Å². The molecule has 0 aliphatic carbocycles. The Labute approximate surface area is 186 Å². The van der Waals surface area contributed by atoms with Crippen molar-refractivity contribution in [2.75, 3.05) is 26.3 Å². The van der Waals surface area contributed by atoms with Crippen molar-refractivity contribution in [2.45, 2.75) is 37.5 Å². The molecule has 2 aromatic heterocycles. The van der Waals surface area contributed by atoms with Crippen LogP contribution in [-0.4, -0.2) is 56.7 Å². The van der Waals surface area contributed by atoms with Crippen LogP contribution in [0.5, 0.6) is 0 Å². The predicted octanol–water partition coefficient (Wildman–Crippen LogP) is 3.15. The van der Waals surface area contributed by atoms with Gasteiger partial charge in [0.1, 0.15) is 11.6 Å². The number of nitrogens with zero attached hydrogens (tertiary/aromatic N) is 5. The molecule has 7 nitrogen and oxygen atoms in total. The molecule has 1 atom stereocenters. The molecule has 31 heavy (non-hydrogen) atoms. The molecule has 3 aliphatic rings. The van der Waals surface area contributed by atoms with Gasteiger partial charge in [-0.3, -0.25) is 14.5 Å². The van der Waals surface area contributed by atoms with Crippen LogP contribution >= 0.6 is 11.6 Å². The number of hydrogen-bond acceptors (Lipinski definition) is 6. The van der Waals surface area contributed by atoms with Gasteiger partial charge < -0.3 is 9.47 Å². The van der Waals surface area contributed by atoms with Gasteiger partial charge in [-0.1, -0.05) is 17.7 Å². The topological polar surface area (TPSA) is 65.3 Å². The summed E-state index contributed by atoms with van der Waals surface area (Å²) in [7, 11) is 0. The quantitative estimate of drug-likeness (QED) is 0.627. The van der Waals surface area contributed by atoms with Crippen LogP contribution < -0.4 is 0 Å². The summed E-state index contributed by atoms with van der Waals surface area (Å²) in [5.41, 5.74) is 3.29. The molecular formula is C23H24ClN5O2. The lowest BCUT2D eigenvalue weighted by atomic mass is 10.0. The van der Waals surface area contributed by atoms with E-state index in [1.165, 1.54) is 0 Å². The Balaban J connectivity index is 1.34. The van der Waals surface area contributed by atoms with E-state index < -0.39 is 5.79 Å². The van der Waals surface area contributed by atoms with Crippen LogP contribution in [0.1, 0.15) is 35.2 Å². The van der Waals surface area contributed by atoms with Gasteiger partial charge >= 0.3 is 0 Å². The molecule has 1 spiro atoms. The van der Waals surface area contributed by atoms with Gasteiger partial charge in [0.05, 0.1) is 31.0 Å². The number of ether oxygens (including phenoxy) is 2. The van der Waals surface area contributed by atoms with Gasteiger partial charge in [0.15, 0.2) is 5.79 Å². The molecule has 8 heteroatoms. The standard InChI is InChI=1S/C23H24ClN5O2/c24-18-4-5-20-17(11-18)12-23(30-9-10-31-23)13-21-26-27-22(29(20)21)16-6-8-28(14-16)15-19-3-1-2-7-25-19/h1-5,7,11,16H,6,8-10,12-15H2. The van der Waals surface area contributed by atoms with Crippen molar-refractivity contribution in [3.63, 3.8) is 0 Å². The zero-order valence-corrected chi connectivity index (χ0v) is 18.0. The molecule has 2 fully saturated rings. The number of likely N-dealkylation sites (tertiary alicyclic amines) is 1. The number of rotatable bonds is 3. The zero-order valence-electron chi connectivity index (χ0n) is 17.2. The Morgan fingerprint density at radius 2 is 2.00 bits per heavy atom. The van der Waals surface area contributed by atoms with Crippen LogP contribution in [0.4, 0.5) is 0 Å². The monoisotopic (exact) mass is 437 g/mol. The number of benzene rings is 1. The number of hydrogen-bond donors (Lipinski definition) is 0. The maximum Gasteiger partial charge on any atom is 0.179 e. The van der Waals surface area contributed by atoms with E-state index in [0.29, 0.717) is 37.0 Å². The highest BCUT2D eigenvalue weighted by Crippen LogP contribution is 2.38. The molecule has 5 heterocycles. The first-order valence-electron chi connectivity index (χ1n) is 10.8. The second-order valence-corrected chi connectivity index (χ2v) is 9.02. The van der Waals surface area contributed by atoms with Gasteiger partial charge in [-0.25, -0.2) is 0 Å². The lowest BCUT2D eigenvalue weighted by Crippen LogP contribution is -2.35. The predicted molar refractivity (Wildman–Crippen MR) is 115 cm³/mol. The molecule has 0 N–H and O–H groups in total. The number of aromatic nitrogens is 4. The maximum absolute atomic E-state index is 6.35. The molecule has 0 amide bonds. The average molecular weight is 438 g/mol. The van der Waals surface area contributed by atoms with Crippen molar-refractivity contribution in [3.8, 4) is 5.69 Å². The van der Waals surface area contributed by atoms with Gasteiger partial charge in [0.2, 0.25) is 0 Å². The van der Waals surface area contributed by atoms with E-state index in [9.17, 15) is 0 Å². The van der Waals surface area contributed by atoms with E-state index in [0.717, 1.165) is 54.6 Å². The summed E-state index contributed by atoms with van der Waals surface area (Å²) in [4.78, 5) is 6.92. The zero-order chi connectivity index (χ0) is 20.8. The van der Waals surface area contributed by atoms with E-state index in [4.69, 9.17) is 21.1 Å². The molecular weight excluding hydrogens is 414 g/mol. The van der Waals surface area contributed by atoms with Gasteiger partial charge in [-0.15, -0.1) is 10.2 Å². The van der Waals surface area contributed by atoms with Crippen LogP contribution in [0.2, 0.25) is 5.02 Å². The largest absolute Gasteiger partial charge is 0.347 e. The van der Waals surface area contributed by atoms with E-state index in [-0.39, 0.29) is 0 Å². The van der Waals surface area contributed by atoms with E-state index in [2.05, 4.69) is 36.8 Å². The average Bonchev–Trinajstić information content (AvgIpc) is 3.49. The maximum atomic E-state index is 6.35. The van der Waals surface area contributed by atoms with Gasteiger partial charge in [-0.2, -0.15) is 0 Å². The molecule has 6 rings (SSSR count). The lowest BCUT2D eigenvalue weighted by molar-refractivity contribution is -0.155. The van der Waals surface area contributed by atoms with Gasteiger partial charge in [-0.05, 0) is 48.9 Å². The first-order chi connectivity index (χ1) is 15.2. The molecule has 3 aromatic rings. The third-order valence-corrected chi connectivity index (χ3v) is 6.72. The fraction of sp³-hybridized carbons (Fsp3) is 0.435. The molecule has 0 saturated carbocycles. The van der Waals surface area contributed by atoms with Crippen molar-refractivity contribution in [1.82, 2.24) is 24.6 Å². The molecule has 2 saturated heterocycles. The summed E-state index contributed by atoms with van der Waals surface area (Å²) in [5, 5.41) is 9.98. The van der Waals surface area contributed by atoms with Crippen molar-refractivity contribution < 1.29 is 9.47 Å². The third kappa shape index (κ3) is 3.55. The fourth-order valence-corrected chi connectivity index (χ4v) is 5.28. The highest BCUT2D eigenvalue weighted by atomic mass is 35.5. The Morgan fingerprint density at radius 3 is 2.84 bits per heavy atom. The van der Waals surface area contributed by atoms with Crippen molar-refractivity contribution in [3.05, 3.63) is 70.5 Å². The molecule has 0 bridgehead atoms. The van der Waals surface area contributed by atoms with Crippen molar-refractivity contribution in [2.24, 2.45) is 0 Å². The summed E-state index contributed by atoms with van der Waals surface area (Å²) in [6.07, 6.45) is 4.14. The second-order valence-electron chi connectivity index (χ2n) is 8.59. The van der Waals surface area contributed by atoms with Crippen LogP contribution in [0, 0.1) is 0 Å². The Hall–Kier alpha value is -2.32. The highest BCUT2D eigenvalue weighted by molar-refractivity contribution is 6.30. The molecule has 1 aromatic carbocycles. The van der Waals surface area contributed by atoms with E-state index in [1.54, 1.807) is 0 Å². The highest BCUT2D eigenvalue weighted by Gasteiger charge is 2.43. The number of pyridine rings is 1. The van der Waals surface area contributed by atoms with Crippen molar-refractivity contribution in [1.29, 1.82) is 0 Å². The minimum absolute atomic E-state index is 0.313. The number of fused-ring (bicyclic) bond motifs is 3. The van der Waals surface area contributed by atoms with Gasteiger partial charge in [0.25, 0.3) is 0 Å². The Kier molecular flexibility index (Phi) is 4.79. The van der Waals surface area contributed by atoms with E-state index >= 15 is 0 Å². The first kappa shape index (κ1) is 19.4. The molecule has 3 aliphatic heterocycles. The van der Waals surface area contributed by atoms with Crippen LogP contribution in [0.15, 0.2) is 42.6 Å². The Bertz CT molecular complexity index is 1100. The van der Waals surface area contributed by atoms with E-state index in [1.807, 2.05) is 30.5 Å². The van der Waals surface area contributed by atoms with Gasteiger partial charge in [0, 0.05) is 36.6 Å². The minimum Gasteiger partial charge on any atom is -0.347 e. The normalized spacial score (nSPS) is 22.4. The summed E-state index contributed by atoms with van der Waals surface area (Å²) in [6, 6.07) is 12.1. The molecule has 160 valence electrons. The summed E-state index contributed by atoms with van der Waals surface area (Å²) >= 11 is 6.35. The van der Waals surface area contributed by atoms with Crippen LogP contribution in [0.25, 0.3) is 5.69 Å².